The molecule has 0 amide bonds. The van der Waals surface area contributed by atoms with Gasteiger partial charge < -0.3 is 14.6 Å². The van der Waals surface area contributed by atoms with E-state index >= 15 is 0 Å². The zero-order chi connectivity index (χ0) is 5.91. The van der Waals surface area contributed by atoms with E-state index in [1.54, 1.807) is 0 Å². The van der Waals surface area contributed by atoms with Gasteiger partial charge in [0.05, 0.1) is 0 Å². The van der Waals surface area contributed by atoms with Gasteiger partial charge in [0.2, 0.25) is 0 Å². The zero-order valence-electron chi connectivity index (χ0n) is 3.31. The first-order valence-electron chi connectivity index (χ1n) is 1.41. The fourth-order valence-electron chi connectivity index (χ4n) is 0.0793. The van der Waals surface area contributed by atoms with Crippen LogP contribution in [-0.4, -0.2) is 16.1 Å². The first-order valence-corrected chi connectivity index (χ1v) is 3.09. The second-order valence-electron chi connectivity index (χ2n) is 0.874. The van der Waals surface area contributed by atoms with Gasteiger partial charge in [-0.15, -0.1) is 0 Å². The molecular formula is C2H4O4P. The summed E-state index contributed by atoms with van der Waals surface area (Å²) >= 11 is 0. The highest BCUT2D eigenvalue weighted by molar-refractivity contribution is 7.55. The molecule has 0 spiro atoms. The van der Waals surface area contributed by atoms with Gasteiger partial charge in [-0.1, -0.05) is 0 Å². The molecule has 0 aromatic heterocycles. The van der Waals surface area contributed by atoms with Gasteiger partial charge in [-0.05, 0) is 0 Å². The average molecular weight is 123 g/mol. The maximum atomic E-state index is 9.64. The molecule has 4 nitrogen and oxygen atoms in total. The van der Waals surface area contributed by atoms with Crippen molar-refractivity contribution in [1.29, 1.82) is 0 Å². The molecule has 0 atom stereocenters. The molecule has 7 heavy (non-hydrogen) atoms. The maximum absolute atomic E-state index is 9.64. The number of rotatable bonds is 2. The largest absolute Gasteiger partial charge is 0.337 e. The highest BCUT2D eigenvalue weighted by Gasteiger charge is 2.10. The molecule has 0 saturated carbocycles. The molecule has 0 aliphatic carbocycles. The Hall–Kier alpha value is -0.180. The molecule has 2 N–H and O–H groups in total. The predicted molar refractivity (Wildman–Crippen MR) is 22.4 cm³/mol. The average Bonchev–Trinajstić information content (AvgIpc) is 1.30. The third-order valence-electron chi connectivity index (χ3n) is 0.255. The Morgan fingerprint density at radius 2 is 1.86 bits per heavy atom. The van der Waals surface area contributed by atoms with Crippen LogP contribution in [0.2, 0.25) is 0 Å². The van der Waals surface area contributed by atoms with Crippen LogP contribution in [0.15, 0.2) is 0 Å². The van der Waals surface area contributed by atoms with Crippen LogP contribution in [0.3, 0.4) is 0 Å². The normalized spacial score (nSPS) is 11.1. The van der Waals surface area contributed by atoms with E-state index in [1.165, 1.54) is 0 Å². The number of hydrogen-bond donors (Lipinski definition) is 2. The van der Waals surface area contributed by atoms with Gasteiger partial charge >= 0.3 is 7.60 Å². The van der Waals surface area contributed by atoms with Crippen molar-refractivity contribution in [2.75, 3.05) is 0 Å². The Balaban J connectivity index is 3.57. The van der Waals surface area contributed by atoms with Gasteiger partial charge in [-0.3, -0.25) is 4.57 Å². The molecular weight excluding hydrogens is 119 g/mol. The fourth-order valence-corrected chi connectivity index (χ4v) is 0.238. The Labute approximate surface area is 40.3 Å². The summed E-state index contributed by atoms with van der Waals surface area (Å²) in [6, 6.07) is 0. The minimum absolute atomic E-state index is 0.0702. The summed E-state index contributed by atoms with van der Waals surface area (Å²) in [6.45, 7) is 0. The van der Waals surface area contributed by atoms with E-state index < -0.39 is 7.60 Å². The third-order valence-corrected chi connectivity index (χ3v) is 0.765. The van der Waals surface area contributed by atoms with E-state index in [1.807, 2.05) is 0 Å². The number of carbonyl (C=O) groups excluding carboxylic acids is 1. The summed E-state index contributed by atoms with van der Waals surface area (Å²) in [6.07, 6.45) is 0.369. The van der Waals surface area contributed by atoms with Crippen molar-refractivity contribution in [2.45, 2.75) is 0 Å². The SMILES string of the molecule is O=C[CH]P(=O)(O)O. The van der Waals surface area contributed by atoms with Gasteiger partial charge in [-0.2, -0.15) is 0 Å². The molecule has 0 aliphatic heterocycles. The van der Waals surface area contributed by atoms with E-state index in [0.29, 0.717) is 6.16 Å². The van der Waals surface area contributed by atoms with Crippen molar-refractivity contribution in [3.8, 4) is 0 Å². The summed E-state index contributed by atoms with van der Waals surface area (Å²) in [5.74, 6) is 0. The topological polar surface area (TPSA) is 74.6 Å². The molecule has 0 aromatic carbocycles. The standard InChI is InChI=1S/C2H4O4P/c3-1-2-7(4,5)6/h1-2H,(H2,4,5,6). The highest BCUT2D eigenvalue weighted by Crippen LogP contribution is 2.36. The first kappa shape index (κ1) is 6.82. The van der Waals surface area contributed by atoms with Crippen LogP contribution in [0.5, 0.6) is 0 Å². The molecule has 0 rings (SSSR count). The molecule has 41 valence electrons. The van der Waals surface area contributed by atoms with E-state index in [0.717, 1.165) is 0 Å². The Morgan fingerprint density at radius 1 is 1.43 bits per heavy atom. The Kier molecular flexibility index (Phi) is 2.15. The van der Waals surface area contributed by atoms with Crippen LogP contribution < -0.4 is 0 Å². The molecule has 0 unspecified atom stereocenters. The van der Waals surface area contributed by atoms with Crippen LogP contribution in [0.1, 0.15) is 0 Å². The monoisotopic (exact) mass is 123 g/mol. The number of hydrogen-bond acceptors (Lipinski definition) is 2. The number of carbonyl (C=O) groups is 1. The molecule has 0 saturated heterocycles. The van der Waals surface area contributed by atoms with Gasteiger partial charge in [0.1, 0.15) is 12.4 Å². The van der Waals surface area contributed by atoms with Crippen molar-refractivity contribution >= 4 is 13.9 Å². The highest BCUT2D eigenvalue weighted by atomic mass is 31.2. The minimum Gasteiger partial charge on any atom is -0.324 e. The lowest BCUT2D eigenvalue weighted by molar-refractivity contribution is -0.104. The van der Waals surface area contributed by atoms with Crippen LogP contribution in [0, 0.1) is 6.16 Å². The Morgan fingerprint density at radius 3 is 1.86 bits per heavy atom. The summed E-state index contributed by atoms with van der Waals surface area (Å²) < 4.78 is 9.64. The lowest BCUT2D eigenvalue weighted by Crippen LogP contribution is -1.77. The van der Waals surface area contributed by atoms with Crippen molar-refractivity contribution in [3.63, 3.8) is 0 Å². The van der Waals surface area contributed by atoms with Crippen LogP contribution in [-0.2, 0) is 9.36 Å². The zero-order valence-corrected chi connectivity index (χ0v) is 4.21. The lowest BCUT2D eigenvalue weighted by Gasteiger charge is -1.91. The van der Waals surface area contributed by atoms with Crippen LogP contribution in [0.4, 0.5) is 0 Å². The lowest BCUT2D eigenvalue weighted by atomic mass is 10.9. The maximum Gasteiger partial charge on any atom is 0.337 e. The van der Waals surface area contributed by atoms with Crippen molar-refractivity contribution in [3.05, 3.63) is 6.16 Å². The first-order chi connectivity index (χ1) is 3.06. The molecule has 0 heterocycles. The quantitative estimate of drug-likeness (QED) is 0.384. The molecule has 0 aliphatic rings. The summed E-state index contributed by atoms with van der Waals surface area (Å²) in [4.78, 5) is 25.0. The summed E-state index contributed by atoms with van der Waals surface area (Å²) in [5, 5.41) is 0. The molecule has 5 heteroatoms. The smallest absolute Gasteiger partial charge is 0.324 e. The number of aldehydes is 1. The van der Waals surface area contributed by atoms with E-state index in [2.05, 4.69) is 0 Å². The fraction of sp³-hybridized carbons (Fsp3) is 0. The summed E-state index contributed by atoms with van der Waals surface area (Å²) in [7, 11) is -4.16. The minimum atomic E-state index is -4.16. The predicted octanol–water partition coefficient (Wildman–Crippen LogP) is -0.475. The van der Waals surface area contributed by atoms with Gasteiger partial charge in [-0.25, -0.2) is 0 Å². The van der Waals surface area contributed by atoms with E-state index in [4.69, 9.17) is 9.79 Å². The van der Waals surface area contributed by atoms with E-state index in [9.17, 15) is 9.36 Å². The van der Waals surface area contributed by atoms with Crippen molar-refractivity contribution in [2.24, 2.45) is 0 Å². The molecule has 0 aromatic rings. The van der Waals surface area contributed by atoms with Crippen LogP contribution in [0.25, 0.3) is 0 Å². The second-order valence-corrected chi connectivity index (χ2v) is 2.35. The van der Waals surface area contributed by atoms with Gasteiger partial charge in [0.15, 0.2) is 0 Å². The molecule has 1 radical (unpaired) electrons. The van der Waals surface area contributed by atoms with Gasteiger partial charge in [0.25, 0.3) is 0 Å². The molecule has 0 bridgehead atoms. The van der Waals surface area contributed by atoms with Gasteiger partial charge in [0, 0.05) is 0 Å². The van der Waals surface area contributed by atoms with E-state index in [-0.39, 0.29) is 6.29 Å². The van der Waals surface area contributed by atoms with Crippen molar-refractivity contribution < 1.29 is 19.1 Å². The molecule has 0 fully saturated rings. The van der Waals surface area contributed by atoms with Crippen molar-refractivity contribution in [1.82, 2.24) is 0 Å². The van der Waals surface area contributed by atoms with Crippen LogP contribution >= 0.6 is 7.60 Å². The second kappa shape index (κ2) is 2.21. The third kappa shape index (κ3) is 5.82. The Bertz CT molecular complexity index is 102. The summed E-state index contributed by atoms with van der Waals surface area (Å²) in [5.41, 5.74) is 0.